The van der Waals surface area contributed by atoms with Gasteiger partial charge in [0, 0.05) is 19.4 Å². The van der Waals surface area contributed by atoms with Crippen molar-refractivity contribution in [1.82, 2.24) is 0 Å². The molecule has 344 valence electrons. The molecule has 0 saturated carbocycles. The Morgan fingerprint density at radius 3 is 0.855 bits per heavy atom. The second kappa shape index (κ2) is 31.6. The van der Waals surface area contributed by atoms with Crippen LogP contribution in [0.25, 0.3) is 0 Å². The lowest BCUT2D eigenvalue weighted by molar-refractivity contribution is -0.133. The van der Waals surface area contributed by atoms with Gasteiger partial charge >= 0.3 is 11.9 Å². The summed E-state index contributed by atoms with van der Waals surface area (Å²) in [6.07, 6.45) is 40.0. The van der Waals surface area contributed by atoms with Crippen LogP contribution in [0.1, 0.15) is 208 Å². The number of ether oxygens (including phenoxy) is 2. The number of allylic oxidation sites excluding steroid dienone is 18. The number of hydrogen-bond acceptors (Lipinski definition) is 4. The smallest absolute Gasteiger partial charge is 0.308 e. The molecule has 0 aliphatic heterocycles. The first-order valence-electron chi connectivity index (χ1n) is 23.7. The van der Waals surface area contributed by atoms with Gasteiger partial charge in [0.2, 0.25) is 0 Å². The van der Waals surface area contributed by atoms with Crippen molar-refractivity contribution in [3.05, 3.63) is 127 Å². The van der Waals surface area contributed by atoms with E-state index in [0.29, 0.717) is 17.9 Å². The van der Waals surface area contributed by atoms with Crippen LogP contribution >= 0.6 is 0 Å². The summed E-state index contributed by atoms with van der Waals surface area (Å²) in [6.45, 7) is 31.0. The lowest BCUT2D eigenvalue weighted by Crippen LogP contribution is -2.11. The van der Waals surface area contributed by atoms with Crippen molar-refractivity contribution in [3.8, 4) is 11.5 Å². The second-order valence-electron chi connectivity index (χ2n) is 18.4. The van der Waals surface area contributed by atoms with Gasteiger partial charge in [-0.05, 0) is 216 Å². The number of carbonyl (C=O) groups is 2. The van der Waals surface area contributed by atoms with E-state index in [1.165, 1.54) is 76.8 Å². The van der Waals surface area contributed by atoms with Crippen molar-refractivity contribution < 1.29 is 19.1 Å². The third-order valence-electron chi connectivity index (χ3n) is 11.8. The van der Waals surface area contributed by atoms with Crippen LogP contribution in [0.15, 0.2) is 105 Å². The SMILES string of the molecule is CC(=O)Oc1c(C)c(C)c(OC(C)=O)c(C/C=C(\C)CC/C=C(\C)CC/C=C(\C)CC/C=C(\C)CC/C=C(\C)CC/C=C(\C)CC/C=C(\C)CC/C=C(\C)CCC=C(C)C)c1C. The molecular formula is C58H88O4. The summed E-state index contributed by atoms with van der Waals surface area (Å²) in [5, 5.41) is 0. The number of rotatable bonds is 28. The summed E-state index contributed by atoms with van der Waals surface area (Å²) in [6, 6.07) is 0. The van der Waals surface area contributed by atoms with Crippen LogP contribution in [0.4, 0.5) is 0 Å². The van der Waals surface area contributed by atoms with Gasteiger partial charge in [-0.25, -0.2) is 0 Å². The van der Waals surface area contributed by atoms with Crippen molar-refractivity contribution in [2.24, 2.45) is 0 Å². The minimum absolute atomic E-state index is 0.360. The molecule has 0 saturated heterocycles. The Morgan fingerprint density at radius 2 is 0.581 bits per heavy atom. The molecule has 0 aromatic heterocycles. The van der Waals surface area contributed by atoms with Gasteiger partial charge in [0.1, 0.15) is 11.5 Å². The molecule has 0 fully saturated rings. The van der Waals surface area contributed by atoms with E-state index in [1.54, 1.807) is 0 Å². The molecule has 0 amide bonds. The van der Waals surface area contributed by atoms with Crippen molar-refractivity contribution in [2.45, 2.75) is 213 Å². The Kier molecular flexibility index (Phi) is 28.5. The lowest BCUT2D eigenvalue weighted by Gasteiger charge is -2.20. The third kappa shape index (κ3) is 25.7. The molecule has 0 atom stereocenters. The summed E-state index contributed by atoms with van der Waals surface area (Å²) in [7, 11) is 0. The third-order valence-corrected chi connectivity index (χ3v) is 11.8. The molecule has 0 aliphatic carbocycles. The largest absolute Gasteiger partial charge is 0.426 e. The van der Waals surface area contributed by atoms with Gasteiger partial charge in [0.15, 0.2) is 0 Å². The molecule has 0 radical (unpaired) electrons. The van der Waals surface area contributed by atoms with E-state index < -0.39 is 0 Å². The van der Waals surface area contributed by atoms with Gasteiger partial charge in [0.25, 0.3) is 0 Å². The van der Waals surface area contributed by atoms with E-state index in [4.69, 9.17) is 9.47 Å². The molecular weight excluding hydrogens is 761 g/mol. The monoisotopic (exact) mass is 849 g/mol. The molecule has 1 rings (SSSR count). The predicted octanol–water partition coefficient (Wildman–Crippen LogP) is 17.8. The number of benzene rings is 1. The molecule has 0 N–H and O–H groups in total. The summed E-state index contributed by atoms with van der Waals surface area (Å²) in [4.78, 5) is 23.8. The van der Waals surface area contributed by atoms with Gasteiger partial charge < -0.3 is 9.47 Å². The summed E-state index contributed by atoms with van der Waals surface area (Å²) in [5.41, 5.74) is 16.5. The zero-order valence-corrected chi connectivity index (χ0v) is 42.3. The quantitative estimate of drug-likeness (QED) is 0.0479. The first kappa shape index (κ1) is 55.8. The predicted molar refractivity (Wildman–Crippen MR) is 270 cm³/mol. The van der Waals surface area contributed by atoms with Crippen LogP contribution in [0, 0.1) is 20.8 Å². The Labute approximate surface area is 381 Å². The minimum atomic E-state index is -0.362. The molecule has 0 heterocycles. The molecule has 1 aromatic rings. The van der Waals surface area contributed by atoms with Crippen LogP contribution in [0.2, 0.25) is 0 Å². The van der Waals surface area contributed by atoms with E-state index in [1.807, 2.05) is 20.8 Å². The molecule has 4 nitrogen and oxygen atoms in total. The molecule has 1 aromatic carbocycles. The first-order chi connectivity index (χ1) is 29.3. The fraction of sp³-hybridized carbons (Fsp3) is 0.552. The highest BCUT2D eigenvalue weighted by Crippen LogP contribution is 2.39. The molecule has 0 aliphatic rings. The molecule has 62 heavy (non-hydrogen) atoms. The van der Waals surface area contributed by atoms with Crippen molar-refractivity contribution in [1.29, 1.82) is 0 Å². The Morgan fingerprint density at radius 1 is 0.339 bits per heavy atom. The number of carbonyl (C=O) groups excluding carboxylic acids is 2. The first-order valence-corrected chi connectivity index (χ1v) is 23.7. The average Bonchev–Trinajstić information content (AvgIpc) is 3.18. The van der Waals surface area contributed by atoms with E-state index in [-0.39, 0.29) is 11.9 Å². The molecule has 4 heteroatoms. The van der Waals surface area contributed by atoms with E-state index in [0.717, 1.165) is 112 Å². The normalized spacial score (nSPS) is 13.8. The zero-order chi connectivity index (χ0) is 46.6. The second-order valence-corrected chi connectivity index (χ2v) is 18.4. The highest BCUT2D eigenvalue weighted by molar-refractivity contribution is 5.74. The van der Waals surface area contributed by atoms with Crippen LogP contribution in [-0.2, 0) is 16.0 Å². The Balaban J connectivity index is 2.43. The van der Waals surface area contributed by atoms with Crippen LogP contribution in [0.3, 0.4) is 0 Å². The van der Waals surface area contributed by atoms with E-state index >= 15 is 0 Å². The Hall–Kier alpha value is -4.18. The van der Waals surface area contributed by atoms with Gasteiger partial charge in [-0.2, -0.15) is 0 Å². The average molecular weight is 849 g/mol. The maximum atomic E-state index is 11.9. The maximum absolute atomic E-state index is 11.9. The van der Waals surface area contributed by atoms with Gasteiger partial charge in [-0.3, -0.25) is 9.59 Å². The standard InChI is InChI=1S/C58H88O4/c1-42(2)24-16-25-43(3)26-17-27-44(4)28-18-29-45(5)30-19-31-46(6)32-20-33-47(7)34-21-35-48(8)36-22-37-49(9)38-23-39-50(10)40-41-56-53(13)57(61-54(14)59)51(11)52(12)58(56)62-55(15)60/h24,26,28,30,32,34,36,38,40H,16-23,25,27,29,31,33,35,37,39,41H2,1-15H3/b43-26+,44-28+,45-30+,46-32+,47-34+,48-36+,49-38+,50-40+. The van der Waals surface area contributed by atoms with Gasteiger partial charge in [0.05, 0.1) is 0 Å². The highest BCUT2D eigenvalue weighted by atomic mass is 16.5. The fourth-order valence-electron chi connectivity index (χ4n) is 7.48. The molecule has 0 spiro atoms. The fourth-order valence-corrected chi connectivity index (χ4v) is 7.48. The number of esters is 2. The zero-order valence-electron chi connectivity index (χ0n) is 42.3. The number of hydrogen-bond donors (Lipinski definition) is 0. The molecule has 0 unspecified atom stereocenters. The van der Waals surface area contributed by atoms with Crippen LogP contribution < -0.4 is 9.47 Å². The summed E-state index contributed by atoms with van der Waals surface area (Å²) in [5.74, 6) is 0.405. The highest BCUT2D eigenvalue weighted by Gasteiger charge is 2.21. The summed E-state index contributed by atoms with van der Waals surface area (Å²) >= 11 is 0. The maximum Gasteiger partial charge on any atom is 0.308 e. The minimum Gasteiger partial charge on any atom is -0.426 e. The Bertz CT molecular complexity index is 1870. The summed E-state index contributed by atoms with van der Waals surface area (Å²) < 4.78 is 11.2. The van der Waals surface area contributed by atoms with Crippen molar-refractivity contribution >= 4 is 11.9 Å². The topological polar surface area (TPSA) is 52.6 Å². The van der Waals surface area contributed by atoms with Crippen molar-refractivity contribution in [3.63, 3.8) is 0 Å². The van der Waals surface area contributed by atoms with Crippen LogP contribution in [0.5, 0.6) is 11.5 Å². The van der Waals surface area contributed by atoms with Gasteiger partial charge in [-0.15, -0.1) is 0 Å². The van der Waals surface area contributed by atoms with Gasteiger partial charge in [-0.1, -0.05) is 105 Å². The van der Waals surface area contributed by atoms with E-state index in [9.17, 15) is 9.59 Å². The molecule has 0 bridgehead atoms. The van der Waals surface area contributed by atoms with E-state index in [2.05, 4.69) is 124 Å². The van der Waals surface area contributed by atoms with Crippen molar-refractivity contribution in [2.75, 3.05) is 0 Å². The van der Waals surface area contributed by atoms with Crippen LogP contribution in [-0.4, -0.2) is 11.9 Å². The lowest BCUT2D eigenvalue weighted by atomic mass is 9.94.